The van der Waals surface area contributed by atoms with Crippen molar-refractivity contribution in [1.29, 1.82) is 0 Å². The number of nitrogens with one attached hydrogen (secondary N) is 2. The van der Waals surface area contributed by atoms with Crippen molar-refractivity contribution >= 4 is 23.6 Å². The van der Waals surface area contributed by atoms with Gasteiger partial charge in [0.05, 0.1) is 7.11 Å². The minimum Gasteiger partial charge on any atom is -0.493 e. The van der Waals surface area contributed by atoms with Gasteiger partial charge in [0.1, 0.15) is 11.4 Å². The number of carbonyl (C=O) groups excluding carboxylic acids is 2. The van der Waals surface area contributed by atoms with Crippen LogP contribution < -0.4 is 20.1 Å². The predicted molar refractivity (Wildman–Crippen MR) is 116 cm³/mol. The van der Waals surface area contributed by atoms with Crippen molar-refractivity contribution in [3.8, 4) is 17.2 Å². The van der Waals surface area contributed by atoms with Crippen LogP contribution in [0.15, 0.2) is 84.6 Å². The molecule has 0 unspecified atom stereocenters. The number of hydrogen-bond acceptors (Lipinski definition) is 4. The number of amides is 2. The van der Waals surface area contributed by atoms with Gasteiger partial charge in [0, 0.05) is 12.6 Å². The predicted octanol–water partition coefficient (Wildman–Crippen LogP) is 4.60. The quantitative estimate of drug-likeness (QED) is 0.566. The van der Waals surface area contributed by atoms with Crippen molar-refractivity contribution in [3.63, 3.8) is 0 Å². The van der Waals surface area contributed by atoms with Crippen LogP contribution in [0, 0.1) is 0 Å². The zero-order valence-electron chi connectivity index (χ0n) is 16.7. The van der Waals surface area contributed by atoms with Gasteiger partial charge in [-0.25, -0.2) is 0 Å². The molecule has 0 aliphatic carbocycles. The summed E-state index contributed by atoms with van der Waals surface area (Å²) in [6.07, 6.45) is 1.62. The van der Waals surface area contributed by atoms with Crippen LogP contribution in [-0.4, -0.2) is 18.9 Å². The number of rotatable bonds is 7. The lowest BCUT2D eigenvalue weighted by Crippen LogP contribution is -2.28. The van der Waals surface area contributed by atoms with E-state index in [0.717, 1.165) is 5.56 Å². The lowest BCUT2D eigenvalue weighted by Gasteiger charge is -2.12. The highest BCUT2D eigenvalue weighted by atomic mass is 16.5. The number of carbonyl (C=O) groups is 2. The summed E-state index contributed by atoms with van der Waals surface area (Å²) in [7, 11) is 1.58. The van der Waals surface area contributed by atoms with E-state index in [2.05, 4.69) is 10.6 Å². The number of para-hydroxylation sites is 2. The van der Waals surface area contributed by atoms with Crippen LogP contribution in [0.2, 0.25) is 0 Å². The second-order valence-corrected chi connectivity index (χ2v) is 6.38. The molecule has 3 aromatic rings. The van der Waals surface area contributed by atoms with Gasteiger partial charge in [-0.2, -0.15) is 0 Å². The van der Waals surface area contributed by atoms with E-state index in [-0.39, 0.29) is 11.6 Å². The Morgan fingerprint density at radius 1 is 0.833 bits per heavy atom. The zero-order chi connectivity index (χ0) is 21.3. The van der Waals surface area contributed by atoms with Crippen molar-refractivity contribution < 1.29 is 19.1 Å². The zero-order valence-corrected chi connectivity index (χ0v) is 16.7. The lowest BCUT2D eigenvalue weighted by molar-refractivity contribution is -0.120. The van der Waals surface area contributed by atoms with Gasteiger partial charge in [0.15, 0.2) is 11.5 Å². The van der Waals surface area contributed by atoms with Crippen LogP contribution in [0.1, 0.15) is 12.5 Å². The van der Waals surface area contributed by atoms with Crippen LogP contribution in [0.25, 0.3) is 6.08 Å². The molecule has 152 valence electrons. The van der Waals surface area contributed by atoms with E-state index in [4.69, 9.17) is 9.47 Å². The Hall–Kier alpha value is -4.06. The first-order valence-corrected chi connectivity index (χ1v) is 9.32. The molecule has 0 aromatic heterocycles. The molecular weight excluding hydrogens is 380 g/mol. The first-order valence-electron chi connectivity index (χ1n) is 9.32. The molecule has 3 rings (SSSR count). The molecule has 0 aliphatic heterocycles. The standard InChI is InChI=1S/C24H22N2O4/c1-17(27)25-21(16-18-8-4-3-5-9-18)24(28)26-19-12-14-20(15-13-19)30-23-11-7-6-10-22(23)29-2/h3-16H,1-2H3,(H,25,27)(H,26,28)/b21-16-. The number of methoxy groups -OCH3 is 1. The maximum Gasteiger partial charge on any atom is 0.272 e. The third-order valence-electron chi connectivity index (χ3n) is 4.07. The highest BCUT2D eigenvalue weighted by Gasteiger charge is 2.12. The summed E-state index contributed by atoms with van der Waals surface area (Å²) in [6.45, 7) is 1.36. The maximum atomic E-state index is 12.7. The fourth-order valence-corrected chi connectivity index (χ4v) is 2.70. The SMILES string of the molecule is COc1ccccc1Oc1ccc(NC(=O)/C(=C/c2ccccc2)NC(C)=O)cc1. The van der Waals surface area contributed by atoms with Crippen LogP contribution >= 0.6 is 0 Å². The van der Waals surface area contributed by atoms with Gasteiger partial charge >= 0.3 is 0 Å². The Kier molecular flexibility index (Phi) is 6.84. The summed E-state index contributed by atoms with van der Waals surface area (Å²) in [5, 5.41) is 5.36. The third kappa shape index (κ3) is 5.72. The Morgan fingerprint density at radius 2 is 1.47 bits per heavy atom. The van der Waals surface area contributed by atoms with Crippen molar-refractivity contribution in [1.82, 2.24) is 5.32 Å². The van der Waals surface area contributed by atoms with Crippen LogP contribution in [-0.2, 0) is 9.59 Å². The average molecular weight is 402 g/mol. The number of benzene rings is 3. The van der Waals surface area contributed by atoms with E-state index in [1.54, 1.807) is 37.5 Å². The molecule has 0 heterocycles. The van der Waals surface area contributed by atoms with Gasteiger partial charge in [-0.15, -0.1) is 0 Å². The van der Waals surface area contributed by atoms with Gasteiger partial charge in [0.2, 0.25) is 5.91 Å². The fourth-order valence-electron chi connectivity index (χ4n) is 2.70. The molecule has 0 fully saturated rings. The van der Waals surface area contributed by atoms with E-state index >= 15 is 0 Å². The minimum atomic E-state index is -0.424. The number of ether oxygens (including phenoxy) is 2. The second-order valence-electron chi connectivity index (χ2n) is 6.38. The molecule has 3 aromatic carbocycles. The molecule has 0 aliphatic rings. The normalized spacial score (nSPS) is 10.8. The molecule has 0 spiro atoms. The Bertz CT molecular complexity index is 1040. The van der Waals surface area contributed by atoms with Gasteiger partial charge in [0.25, 0.3) is 5.91 Å². The van der Waals surface area contributed by atoms with Gasteiger partial charge < -0.3 is 20.1 Å². The monoisotopic (exact) mass is 402 g/mol. The first-order chi connectivity index (χ1) is 14.5. The number of hydrogen-bond donors (Lipinski definition) is 2. The summed E-state index contributed by atoms with van der Waals surface area (Å²) in [5.41, 5.74) is 1.52. The van der Waals surface area contributed by atoms with Crippen molar-refractivity contribution in [3.05, 3.63) is 90.1 Å². The molecule has 6 heteroatoms. The molecule has 30 heavy (non-hydrogen) atoms. The highest BCUT2D eigenvalue weighted by Crippen LogP contribution is 2.31. The molecule has 2 amide bonds. The molecular formula is C24H22N2O4. The van der Waals surface area contributed by atoms with Crippen LogP contribution in [0.3, 0.4) is 0 Å². The van der Waals surface area contributed by atoms with Crippen molar-refractivity contribution in [2.75, 3.05) is 12.4 Å². The van der Waals surface area contributed by atoms with E-state index < -0.39 is 5.91 Å². The van der Waals surface area contributed by atoms with E-state index in [1.807, 2.05) is 54.6 Å². The molecule has 0 radical (unpaired) electrons. The third-order valence-corrected chi connectivity index (χ3v) is 4.07. The summed E-state index contributed by atoms with van der Waals surface area (Å²) < 4.78 is 11.1. The summed E-state index contributed by atoms with van der Waals surface area (Å²) in [5.74, 6) is 1.07. The average Bonchev–Trinajstić information content (AvgIpc) is 2.75. The largest absolute Gasteiger partial charge is 0.493 e. The molecule has 0 bridgehead atoms. The summed E-state index contributed by atoms with van der Waals surface area (Å²) in [4.78, 5) is 24.2. The molecule has 0 saturated heterocycles. The molecule has 2 N–H and O–H groups in total. The topological polar surface area (TPSA) is 76.7 Å². The van der Waals surface area contributed by atoms with E-state index in [0.29, 0.717) is 22.9 Å². The maximum absolute atomic E-state index is 12.7. The Balaban J connectivity index is 1.72. The summed E-state index contributed by atoms with van der Waals surface area (Å²) >= 11 is 0. The summed E-state index contributed by atoms with van der Waals surface area (Å²) in [6, 6.07) is 23.5. The molecule has 0 saturated carbocycles. The molecule has 0 atom stereocenters. The Morgan fingerprint density at radius 3 is 2.10 bits per heavy atom. The number of anilines is 1. The van der Waals surface area contributed by atoms with Crippen LogP contribution in [0.5, 0.6) is 17.2 Å². The van der Waals surface area contributed by atoms with Crippen LogP contribution in [0.4, 0.5) is 5.69 Å². The van der Waals surface area contributed by atoms with Gasteiger partial charge in [-0.1, -0.05) is 42.5 Å². The Labute approximate surface area is 175 Å². The van der Waals surface area contributed by atoms with E-state index in [9.17, 15) is 9.59 Å². The highest BCUT2D eigenvalue weighted by molar-refractivity contribution is 6.08. The lowest BCUT2D eigenvalue weighted by atomic mass is 10.2. The molecule has 6 nitrogen and oxygen atoms in total. The minimum absolute atomic E-state index is 0.156. The second kappa shape index (κ2) is 9.93. The smallest absolute Gasteiger partial charge is 0.272 e. The van der Waals surface area contributed by atoms with Crippen molar-refractivity contribution in [2.45, 2.75) is 6.92 Å². The first kappa shape index (κ1) is 20.7. The van der Waals surface area contributed by atoms with Crippen molar-refractivity contribution in [2.24, 2.45) is 0 Å². The van der Waals surface area contributed by atoms with Gasteiger partial charge in [-0.3, -0.25) is 9.59 Å². The fraction of sp³-hybridized carbons (Fsp3) is 0.0833. The van der Waals surface area contributed by atoms with E-state index in [1.165, 1.54) is 6.92 Å². The van der Waals surface area contributed by atoms with Gasteiger partial charge in [-0.05, 0) is 48.0 Å².